The average Bonchev–Trinajstić information content (AvgIpc) is 2.35. The van der Waals surface area contributed by atoms with Crippen LogP contribution in [-0.2, 0) is 0 Å². The monoisotopic (exact) mass is 234 g/mol. The molecule has 2 N–H and O–H groups in total. The van der Waals surface area contributed by atoms with Crippen LogP contribution < -0.4 is 10.6 Å². The Balaban J connectivity index is 2.78. The number of amides is 1. The molecule has 0 fully saturated rings. The zero-order valence-electron chi connectivity index (χ0n) is 10.4. The van der Waals surface area contributed by atoms with Crippen molar-refractivity contribution in [3.63, 3.8) is 0 Å². The topological polar surface area (TPSA) is 58.2 Å². The first-order valence-electron chi connectivity index (χ1n) is 5.61. The summed E-state index contributed by atoms with van der Waals surface area (Å²) in [5.41, 5.74) is 0.894. The van der Waals surface area contributed by atoms with Gasteiger partial charge in [0.1, 0.15) is 0 Å². The lowest BCUT2D eigenvalue weighted by Crippen LogP contribution is -2.37. The summed E-state index contributed by atoms with van der Waals surface area (Å²) in [7, 11) is 1.83. The molecule has 0 aromatic heterocycles. The minimum absolute atomic E-state index is 0.0996. The number of rotatable bonds is 5. The molecule has 1 aromatic carbocycles. The van der Waals surface area contributed by atoms with Gasteiger partial charge >= 0.3 is 0 Å². The van der Waals surface area contributed by atoms with Crippen molar-refractivity contribution in [1.29, 1.82) is 0 Å². The molecular weight excluding hydrogens is 216 g/mol. The van der Waals surface area contributed by atoms with Crippen molar-refractivity contribution in [3.05, 3.63) is 35.4 Å². The number of carbonyl (C=O) groups is 2. The van der Waals surface area contributed by atoms with Gasteiger partial charge in [-0.05, 0) is 27.0 Å². The molecule has 0 bridgehead atoms. The molecule has 1 amide bonds. The van der Waals surface area contributed by atoms with Gasteiger partial charge < -0.3 is 10.6 Å². The van der Waals surface area contributed by atoms with Gasteiger partial charge in [0.25, 0.3) is 5.91 Å². The number of hydrogen-bond donors (Lipinski definition) is 2. The number of likely N-dealkylation sites (N-methyl/N-ethyl adjacent to an activating group) is 1. The predicted octanol–water partition coefficient (Wildman–Crippen LogP) is 1.23. The summed E-state index contributed by atoms with van der Waals surface area (Å²) >= 11 is 0. The van der Waals surface area contributed by atoms with Crippen molar-refractivity contribution >= 4 is 11.7 Å². The molecule has 0 aliphatic rings. The summed E-state index contributed by atoms with van der Waals surface area (Å²) < 4.78 is 0. The van der Waals surface area contributed by atoms with Crippen LogP contribution in [0.25, 0.3) is 0 Å². The van der Waals surface area contributed by atoms with Crippen molar-refractivity contribution in [2.75, 3.05) is 13.6 Å². The summed E-state index contributed by atoms with van der Waals surface area (Å²) in [5.74, 6) is -0.310. The van der Waals surface area contributed by atoms with E-state index >= 15 is 0 Å². The van der Waals surface area contributed by atoms with E-state index in [-0.39, 0.29) is 17.7 Å². The molecule has 0 aliphatic carbocycles. The molecule has 0 saturated carbocycles. The fourth-order valence-corrected chi connectivity index (χ4v) is 1.43. The fourth-order valence-electron chi connectivity index (χ4n) is 1.43. The molecule has 0 spiro atoms. The maximum absolute atomic E-state index is 11.9. The van der Waals surface area contributed by atoms with E-state index in [1.54, 1.807) is 24.3 Å². The van der Waals surface area contributed by atoms with Crippen LogP contribution in [0.15, 0.2) is 24.3 Å². The molecule has 0 heterocycles. The highest BCUT2D eigenvalue weighted by atomic mass is 16.2. The molecule has 1 atom stereocenters. The van der Waals surface area contributed by atoms with Crippen LogP contribution in [0.3, 0.4) is 0 Å². The Morgan fingerprint density at radius 3 is 2.35 bits per heavy atom. The summed E-state index contributed by atoms with van der Waals surface area (Å²) in [4.78, 5) is 23.3. The largest absolute Gasteiger partial charge is 0.350 e. The number of ketones is 1. The number of nitrogens with one attached hydrogen (secondary N) is 2. The van der Waals surface area contributed by atoms with Gasteiger partial charge in [0.15, 0.2) is 5.78 Å². The summed E-state index contributed by atoms with van der Waals surface area (Å²) in [6.07, 6.45) is 0. The van der Waals surface area contributed by atoms with Gasteiger partial charge in [0, 0.05) is 18.2 Å². The van der Waals surface area contributed by atoms with Crippen molar-refractivity contribution in [2.24, 2.45) is 0 Å². The predicted molar refractivity (Wildman–Crippen MR) is 67.3 cm³/mol. The van der Waals surface area contributed by atoms with E-state index in [1.807, 2.05) is 14.0 Å². The molecular formula is C13H18N2O2. The minimum atomic E-state index is -0.210. The fraction of sp³-hybridized carbons (Fsp3) is 0.385. The Morgan fingerprint density at radius 1 is 1.24 bits per heavy atom. The van der Waals surface area contributed by atoms with Crippen molar-refractivity contribution in [2.45, 2.75) is 19.9 Å². The first-order chi connectivity index (χ1) is 8.06. The minimum Gasteiger partial charge on any atom is -0.350 e. The van der Waals surface area contributed by atoms with Gasteiger partial charge in [-0.2, -0.15) is 0 Å². The summed E-state index contributed by atoms with van der Waals surface area (Å²) in [6, 6.07) is 7.03. The molecule has 4 heteroatoms. The van der Waals surface area contributed by atoms with Crippen LogP contribution in [0.5, 0.6) is 0 Å². The molecule has 0 radical (unpaired) electrons. The lowest BCUT2D eigenvalue weighted by molar-refractivity contribution is 0.0936. The van der Waals surface area contributed by atoms with E-state index in [2.05, 4.69) is 10.6 Å². The van der Waals surface area contributed by atoms with E-state index in [0.29, 0.717) is 17.7 Å². The van der Waals surface area contributed by atoms with E-state index in [1.165, 1.54) is 6.92 Å². The first kappa shape index (κ1) is 13.4. The Labute approximate surface area is 101 Å². The zero-order chi connectivity index (χ0) is 12.8. The maximum atomic E-state index is 11.9. The zero-order valence-corrected chi connectivity index (χ0v) is 10.4. The highest BCUT2D eigenvalue weighted by molar-refractivity contribution is 6.07. The second-order valence-corrected chi connectivity index (χ2v) is 4.00. The normalized spacial score (nSPS) is 11.9. The highest BCUT2D eigenvalue weighted by Gasteiger charge is 2.13. The van der Waals surface area contributed by atoms with Crippen LogP contribution in [0, 0.1) is 0 Å². The van der Waals surface area contributed by atoms with Gasteiger partial charge in [-0.15, -0.1) is 0 Å². The van der Waals surface area contributed by atoms with E-state index in [0.717, 1.165) is 0 Å². The van der Waals surface area contributed by atoms with Gasteiger partial charge in [0.05, 0.1) is 5.56 Å². The molecule has 92 valence electrons. The van der Waals surface area contributed by atoms with E-state index < -0.39 is 0 Å². The third-order valence-corrected chi connectivity index (χ3v) is 2.61. The average molecular weight is 234 g/mol. The Morgan fingerprint density at radius 2 is 1.82 bits per heavy atom. The van der Waals surface area contributed by atoms with E-state index in [4.69, 9.17) is 0 Å². The third kappa shape index (κ3) is 3.67. The SMILES string of the molecule is CNC(C)CNC(=O)c1ccccc1C(C)=O. The molecule has 1 unspecified atom stereocenters. The molecule has 0 saturated heterocycles. The number of Topliss-reactive ketones (excluding diaryl/α,β-unsaturated/α-hetero) is 1. The lowest BCUT2D eigenvalue weighted by Gasteiger charge is -2.12. The van der Waals surface area contributed by atoms with Crippen LogP contribution in [-0.4, -0.2) is 31.3 Å². The lowest BCUT2D eigenvalue weighted by atomic mass is 10.0. The number of hydrogen-bond acceptors (Lipinski definition) is 3. The number of benzene rings is 1. The summed E-state index contributed by atoms with van der Waals surface area (Å²) in [6.45, 7) is 3.96. The molecule has 0 aliphatic heterocycles. The van der Waals surface area contributed by atoms with Crippen LogP contribution in [0.1, 0.15) is 34.6 Å². The smallest absolute Gasteiger partial charge is 0.252 e. The summed E-state index contributed by atoms with van der Waals surface area (Å²) in [5, 5.41) is 5.82. The second-order valence-electron chi connectivity index (χ2n) is 4.00. The van der Waals surface area contributed by atoms with Gasteiger partial charge in [-0.1, -0.05) is 18.2 Å². The van der Waals surface area contributed by atoms with Gasteiger partial charge in [-0.25, -0.2) is 0 Å². The highest BCUT2D eigenvalue weighted by Crippen LogP contribution is 2.09. The van der Waals surface area contributed by atoms with E-state index in [9.17, 15) is 9.59 Å². The van der Waals surface area contributed by atoms with Crippen molar-refractivity contribution in [1.82, 2.24) is 10.6 Å². The Hall–Kier alpha value is -1.68. The molecule has 1 rings (SSSR count). The molecule has 4 nitrogen and oxygen atoms in total. The third-order valence-electron chi connectivity index (χ3n) is 2.61. The molecule has 17 heavy (non-hydrogen) atoms. The standard InChI is InChI=1S/C13H18N2O2/c1-9(14-3)8-15-13(17)12-7-5-4-6-11(12)10(2)16/h4-7,9,14H,8H2,1-3H3,(H,15,17). The quantitative estimate of drug-likeness (QED) is 0.753. The van der Waals surface area contributed by atoms with Crippen LogP contribution in [0.4, 0.5) is 0 Å². The van der Waals surface area contributed by atoms with Crippen LogP contribution in [0.2, 0.25) is 0 Å². The molecule has 1 aromatic rings. The maximum Gasteiger partial charge on any atom is 0.252 e. The number of carbonyl (C=O) groups excluding carboxylic acids is 2. The van der Waals surface area contributed by atoms with Crippen molar-refractivity contribution < 1.29 is 9.59 Å². The van der Waals surface area contributed by atoms with Gasteiger partial charge in [0.2, 0.25) is 0 Å². The Bertz CT molecular complexity index is 416. The Kier molecular flexibility index (Phi) is 4.84. The van der Waals surface area contributed by atoms with Crippen molar-refractivity contribution in [3.8, 4) is 0 Å². The second kappa shape index (κ2) is 6.15. The van der Waals surface area contributed by atoms with Gasteiger partial charge in [-0.3, -0.25) is 9.59 Å². The first-order valence-corrected chi connectivity index (χ1v) is 5.61. The van der Waals surface area contributed by atoms with Crippen LogP contribution >= 0.6 is 0 Å².